The van der Waals surface area contributed by atoms with E-state index in [4.69, 9.17) is 4.98 Å². The van der Waals surface area contributed by atoms with Gasteiger partial charge in [-0.15, -0.1) is 0 Å². The minimum absolute atomic E-state index is 0.0885. The molecule has 0 radical (unpaired) electrons. The molecule has 1 N–H and O–H groups in total. The number of anilines is 1. The topological polar surface area (TPSA) is 50.2 Å². The van der Waals surface area contributed by atoms with Crippen LogP contribution in [0.15, 0.2) is 41.2 Å². The predicted octanol–water partition coefficient (Wildman–Crippen LogP) is 3.70. The van der Waals surface area contributed by atoms with Gasteiger partial charge in [0.25, 0.3) is 5.56 Å². The van der Waals surface area contributed by atoms with Gasteiger partial charge in [-0.3, -0.25) is 9.36 Å². The van der Waals surface area contributed by atoms with Gasteiger partial charge >= 0.3 is 0 Å². The molecule has 3 aliphatic rings. The number of fused-ring (bicyclic) bond motifs is 7. The van der Waals surface area contributed by atoms with E-state index in [9.17, 15) is 4.79 Å². The fourth-order valence-corrected chi connectivity index (χ4v) is 5.86. The Morgan fingerprint density at radius 1 is 1.13 bits per heavy atom. The van der Waals surface area contributed by atoms with Crippen LogP contribution in [0, 0.1) is 0 Å². The lowest BCUT2D eigenvalue weighted by Gasteiger charge is -2.38. The van der Waals surface area contributed by atoms with Crippen LogP contribution in [0.25, 0.3) is 16.6 Å². The highest BCUT2D eigenvalue weighted by Gasteiger charge is 2.50. The fraction of sp³-hybridized carbons (Fsp3) is 0.440. The Hall–Kier alpha value is -2.66. The summed E-state index contributed by atoms with van der Waals surface area (Å²) in [6, 6.07) is 13.1. The van der Waals surface area contributed by atoms with Gasteiger partial charge in [-0.1, -0.05) is 24.6 Å². The van der Waals surface area contributed by atoms with Crippen molar-refractivity contribution in [3.05, 3.63) is 63.7 Å². The second-order valence-electron chi connectivity index (χ2n) is 9.38. The van der Waals surface area contributed by atoms with Crippen LogP contribution in [0.4, 0.5) is 5.69 Å². The Balaban J connectivity index is 1.68. The molecule has 1 saturated heterocycles. The largest absolute Gasteiger partial charge is 0.376 e. The van der Waals surface area contributed by atoms with Crippen LogP contribution in [0.5, 0.6) is 0 Å². The Kier molecular flexibility index (Phi) is 3.88. The predicted molar refractivity (Wildman–Crippen MR) is 121 cm³/mol. The van der Waals surface area contributed by atoms with Crippen LogP contribution in [0.3, 0.4) is 0 Å². The molecule has 2 aromatic carbocycles. The summed E-state index contributed by atoms with van der Waals surface area (Å²) in [6.45, 7) is 2.18. The average Bonchev–Trinajstić information content (AvgIpc) is 3.03. The van der Waals surface area contributed by atoms with Crippen molar-refractivity contribution in [2.24, 2.45) is 0 Å². The van der Waals surface area contributed by atoms with Gasteiger partial charge in [0.1, 0.15) is 5.82 Å². The third kappa shape index (κ3) is 2.33. The molecule has 1 aromatic heterocycles. The zero-order valence-corrected chi connectivity index (χ0v) is 17.7. The maximum absolute atomic E-state index is 13.1. The summed E-state index contributed by atoms with van der Waals surface area (Å²) in [5, 5.41) is 4.19. The minimum atomic E-state index is -0.0994. The highest BCUT2D eigenvalue weighted by Crippen LogP contribution is 2.55. The molecular weight excluding hydrogens is 372 g/mol. The van der Waals surface area contributed by atoms with Crippen LogP contribution in [-0.2, 0) is 5.41 Å². The van der Waals surface area contributed by atoms with Crippen molar-refractivity contribution in [2.75, 3.05) is 32.1 Å². The van der Waals surface area contributed by atoms with Crippen LogP contribution in [0.2, 0.25) is 0 Å². The zero-order valence-electron chi connectivity index (χ0n) is 17.7. The monoisotopic (exact) mass is 400 g/mol. The Morgan fingerprint density at radius 3 is 2.63 bits per heavy atom. The smallest absolute Gasteiger partial charge is 0.280 e. The SMILES string of the molecule is CN(C)c1cccc2c(=O)nc3n(c12)-c1cc(C2CCNCC2)ccc1C31CCC1. The Labute approximate surface area is 176 Å². The molecule has 1 saturated carbocycles. The van der Waals surface area contributed by atoms with Crippen molar-refractivity contribution in [1.82, 2.24) is 14.9 Å². The number of para-hydroxylation sites is 1. The van der Waals surface area contributed by atoms with E-state index >= 15 is 0 Å². The summed E-state index contributed by atoms with van der Waals surface area (Å²) in [4.78, 5) is 19.9. The van der Waals surface area contributed by atoms with Crippen molar-refractivity contribution < 1.29 is 0 Å². The number of hydrogen-bond donors (Lipinski definition) is 1. The van der Waals surface area contributed by atoms with Gasteiger partial charge in [0, 0.05) is 14.1 Å². The van der Waals surface area contributed by atoms with E-state index in [0.717, 1.165) is 43.0 Å². The standard InChI is InChI=1S/C25H28N4O/c1-28(2)20-6-3-5-18-22(20)29-21-15-17(16-9-13-26-14-10-16)7-8-19(21)25(11-4-12-25)24(29)27-23(18)30/h3,5-8,15-16,26H,4,9-14H2,1-2H3. The van der Waals surface area contributed by atoms with Gasteiger partial charge in [0.2, 0.25) is 0 Å². The van der Waals surface area contributed by atoms with Crippen molar-refractivity contribution >= 4 is 16.6 Å². The number of aromatic nitrogens is 2. The third-order valence-electron chi connectivity index (χ3n) is 7.59. The van der Waals surface area contributed by atoms with Gasteiger partial charge in [0.15, 0.2) is 0 Å². The average molecular weight is 401 g/mol. The lowest BCUT2D eigenvalue weighted by Crippen LogP contribution is -2.36. The molecular formula is C25H28N4O. The number of rotatable bonds is 2. The normalized spacial score (nSPS) is 19.5. The second kappa shape index (κ2) is 6.42. The van der Waals surface area contributed by atoms with Gasteiger partial charge in [0.05, 0.1) is 27.7 Å². The second-order valence-corrected chi connectivity index (χ2v) is 9.38. The summed E-state index contributed by atoms with van der Waals surface area (Å²) in [5.74, 6) is 1.56. The Morgan fingerprint density at radius 2 is 1.93 bits per heavy atom. The molecule has 0 amide bonds. The van der Waals surface area contributed by atoms with Crippen molar-refractivity contribution in [3.8, 4) is 5.69 Å². The molecule has 1 aliphatic carbocycles. The molecule has 0 unspecified atom stereocenters. The molecule has 0 bridgehead atoms. The van der Waals surface area contributed by atoms with Crippen LogP contribution < -0.4 is 15.8 Å². The van der Waals surface area contributed by atoms with Gasteiger partial charge in [-0.2, -0.15) is 4.98 Å². The number of nitrogens with one attached hydrogen (secondary N) is 1. The quantitative estimate of drug-likeness (QED) is 0.713. The summed E-state index contributed by atoms with van der Waals surface area (Å²) in [7, 11) is 4.10. The molecule has 30 heavy (non-hydrogen) atoms. The van der Waals surface area contributed by atoms with Crippen molar-refractivity contribution in [3.63, 3.8) is 0 Å². The highest BCUT2D eigenvalue weighted by atomic mass is 16.1. The van der Waals surface area contributed by atoms with E-state index in [1.165, 1.54) is 36.1 Å². The molecule has 1 spiro atoms. The zero-order chi connectivity index (χ0) is 20.5. The molecule has 3 heterocycles. The lowest BCUT2D eigenvalue weighted by atomic mass is 9.64. The van der Waals surface area contributed by atoms with Crippen molar-refractivity contribution in [1.29, 1.82) is 0 Å². The third-order valence-corrected chi connectivity index (χ3v) is 7.59. The van der Waals surface area contributed by atoms with E-state index in [2.05, 4.69) is 39.0 Å². The Bertz CT molecular complexity index is 1220. The van der Waals surface area contributed by atoms with Crippen LogP contribution in [-0.4, -0.2) is 36.7 Å². The maximum atomic E-state index is 13.1. The minimum Gasteiger partial charge on any atom is -0.376 e. The number of nitrogens with zero attached hydrogens (tertiary/aromatic N) is 3. The van der Waals surface area contributed by atoms with Gasteiger partial charge < -0.3 is 10.2 Å². The summed E-state index contributed by atoms with van der Waals surface area (Å²) in [6.07, 6.45) is 5.72. The van der Waals surface area contributed by atoms with Crippen LogP contribution in [0.1, 0.15) is 55.0 Å². The number of hydrogen-bond acceptors (Lipinski definition) is 4. The summed E-state index contributed by atoms with van der Waals surface area (Å²) in [5.41, 5.74) is 5.92. The summed E-state index contributed by atoms with van der Waals surface area (Å²) >= 11 is 0. The van der Waals surface area contributed by atoms with Crippen molar-refractivity contribution in [2.45, 2.75) is 43.4 Å². The summed E-state index contributed by atoms with van der Waals surface area (Å²) < 4.78 is 2.32. The molecule has 2 aliphatic heterocycles. The van der Waals surface area contributed by atoms with Gasteiger partial charge in [-0.25, -0.2) is 0 Å². The molecule has 2 fully saturated rings. The highest BCUT2D eigenvalue weighted by molar-refractivity contribution is 5.93. The number of benzene rings is 2. The van der Waals surface area contributed by atoms with E-state index in [1.807, 2.05) is 26.2 Å². The van der Waals surface area contributed by atoms with Gasteiger partial charge in [-0.05, 0) is 74.0 Å². The lowest BCUT2D eigenvalue weighted by molar-refractivity contribution is 0.294. The molecule has 154 valence electrons. The fourth-order valence-electron chi connectivity index (χ4n) is 5.86. The molecule has 0 atom stereocenters. The first-order valence-corrected chi connectivity index (χ1v) is 11.2. The molecule has 6 rings (SSSR count). The first-order valence-electron chi connectivity index (χ1n) is 11.2. The van der Waals surface area contributed by atoms with E-state index in [1.54, 1.807) is 0 Å². The van der Waals surface area contributed by atoms with E-state index < -0.39 is 0 Å². The van der Waals surface area contributed by atoms with E-state index in [-0.39, 0.29) is 11.0 Å². The number of piperidine rings is 1. The van der Waals surface area contributed by atoms with E-state index in [0.29, 0.717) is 11.3 Å². The molecule has 5 nitrogen and oxygen atoms in total. The first kappa shape index (κ1) is 18.1. The molecule has 3 aromatic rings. The maximum Gasteiger partial charge on any atom is 0.280 e. The molecule has 5 heteroatoms. The van der Waals surface area contributed by atoms with Crippen LogP contribution >= 0.6 is 0 Å². The first-order chi connectivity index (χ1) is 14.6.